The molecule has 0 saturated carbocycles. The molecular formula is C22H25ClN2O3S. The highest BCUT2D eigenvalue weighted by Crippen LogP contribution is 2.37. The zero-order valence-electron chi connectivity index (χ0n) is 16.6. The molecule has 0 bridgehead atoms. The number of rotatable bonds is 6. The first-order valence-electron chi connectivity index (χ1n) is 9.62. The molecule has 0 unspecified atom stereocenters. The molecule has 1 heterocycles. The highest BCUT2D eigenvalue weighted by Gasteiger charge is 2.21. The second kappa shape index (κ2) is 9.94. The van der Waals surface area contributed by atoms with Gasteiger partial charge in [0.15, 0.2) is 18.1 Å². The number of nitrogens with one attached hydrogen (secondary N) is 1. The Bertz CT molecular complexity index is 868. The third-order valence-corrected chi connectivity index (χ3v) is 5.73. The average molecular weight is 433 g/mol. The Hall–Kier alpha value is -2.31. The number of likely N-dealkylation sites (tertiary alicyclic amines) is 1. The number of carbonyl (C=O) groups is 1. The molecule has 154 valence electrons. The summed E-state index contributed by atoms with van der Waals surface area (Å²) in [6.45, 7) is 3.97. The van der Waals surface area contributed by atoms with Gasteiger partial charge in [0, 0.05) is 24.3 Å². The van der Waals surface area contributed by atoms with Crippen LogP contribution >= 0.6 is 23.8 Å². The SMILES string of the molecule is COc1cc(C(=S)N2CCC(C)CC2)cc(Cl)c1OCC(=O)Nc1ccccc1. The maximum absolute atomic E-state index is 12.2. The Kier molecular flexibility index (Phi) is 7.34. The predicted octanol–water partition coefficient (Wildman–Crippen LogP) is 4.77. The van der Waals surface area contributed by atoms with Crippen molar-refractivity contribution in [2.45, 2.75) is 19.8 Å². The van der Waals surface area contributed by atoms with Crippen LogP contribution in [-0.2, 0) is 4.79 Å². The van der Waals surface area contributed by atoms with Crippen molar-refractivity contribution >= 4 is 40.4 Å². The number of thiocarbonyl (C=S) groups is 1. The van der Waals surface area contributed by atoms with Gasteiger partial charge < -0.3 is 19.7 Å². The van der Waals surface area contributed by atoms with Crippen molar-refractivity contribution in [3.05, 3.63) is 53.1 Å². The molecule has 2 aromatic rings. The van der Waals surface area contributed by atoms with E-state index in [9.17, 15) is 4.79 Å². The van der Waals surface area contributed by atoms with Crippen LogP contribution in [0.15, 0.2) is 42.5 Å². The second-order valence-corrected chi connectivity index (χ2v) is 7.96. The van der Waals surface area contributed by atoms with Crippen LogP contribution < -0.4 is 14.8 Å². The van der Waals surface area contributed by atoms with Crippen molar-refractivity contribution in [3.8, 4) is 11.5 Å². The van der Waals surface area contributed by atoms with Crippen molar-refractivity contribution in [3.63, 3.8) is 0 Å². The quantitative estimate of drug-likeness (QED) is 0.666. The van der Waals surface area contributed by atoms with Crippen LogP contribution in [0.4, 0.5) is 5.69 Å². The number of anilines is 1. The van der Waals surface area contributed by atoms with Crippen LogP contribution in [0.1, 0.15) is 25.3 Å². The molecule has 1 amide bonds. The first-order valence-corrected chi connectivity index (χ1v) is 10.4. The number of benzene rings is 2. The van der Waals surface area contributed by atoms with Gasteiger partial charge in [-0.25, -0.2) is 0 Å². The zero-order chi connectivity index (χ0) is 20.8. The summed E-state index contributed by atoms with van der Waals surface area (Å²) in [6, 6.07) is 12.8. The zero-order valence-corrected chi connectivity index (χ0v) is 18.2. The van der Waals surface area contributed by atoms with Gasteiger partial charge in [0.1, 0.15) is 4.99 Å². The van der Waals surface area contributed by atoms with Crippen LogP contribution in [0.5, 0.6) is 11.5 Å². The smallest absolute Gasteiger partial charge is 0.262 e. The summed E-state index contributed by atoms with van der Waals surface area (Å²) in [5.41, 5.74) is 1.52. The van der Waals surface area contributed by atoms with E-state index in [-0.39, 0.29) is 12.5 Å². The van der Waals surface area contributed by atoms with E-state index < -0.39 is 0 Å². The number of para-hydroxylation sites is 1. The topological polar surface area (TPSA) is 50.8 Å². The van der Waals surface area contributed by atoms with Crippen LogP contribution in [0.25, 0.3) is 0 Å². The van der Waals surface area contributed by atoms with Gasteiger partial charge in [0.2, 0.25) is 0 Å². The number of halogens is 1. The number of methoxy groups -OCH3 is 1. The van der Waals surface area contributed by atoms with Crippen LogP contribution in [0, 0.1) is 5.92 Å². The molecule has 0 aliphatic carbocycles. The van der Waals surface area contributed by atoms with Crippen LogP contribution in [0.3, 0.4) is 0 Å². The third kappa shape index (κ3) is 5.61. The number of carbonyl (C=O) groups excluding carboxylic acids is 1. The molecule has 0 spiro atoms. The Morgan fingerprint density at radius 2 is 1.93 bits per heavy atom. The molecule has 7 heteroatoms. The fraction of sp³-hybridized carbons (Fsp3) is 0.364. The molecule has 1 fully saturated rings. The molecule has 0 atom stereocenters. The summed E-state index contributed by atoms with van der Waals surface area (Å²) >= 11 is 12.1. The molecule has 0 radical (unpaired) electrons. The van der Waals surface area contributed by atoms with Gasteiger partial charge in [0.05, 0.1) is 12.1 Å². The van der Waals surface area contributed by atoms with Gasteiger partial charge in [-0.1, -0.05) is 48.9 Å². The lowest BCUT2D eigenvalue weighted by Gasteiger charge is -2.32. The lowest BCUT2D eigenvalue weighted by Crippen LogP contribution is -2.37. The summed E-state index contributed by atoms with van der Waals surface area (Å²) < 4.78 is 11.1. The van der Waals surface area contributed by atoms with E-state index in [1.165, 1.54) is 7.11 Å². The standard InChI is InChI=1S/C22H25ClN2O3S/c1-15-8-10-25(11-9-15)22(29)16-12-18(23)21(19(13-16)27-2)28-14-20(26)24-17-6-4-3-5-7-17/h3-7,12-13,15H,8-11,14H2,1-2H3,(H,24,26). The summed E-state index contributed by atoms with van der Waals surface area (Å²) in [6.07, 6.45) is 2.26. The van der Waals surface area contributed by atoms with Crippen molar-refractivity contribution in [1.82, 2.24) is 4.90 Å². The Balaban J connectivity index is 1.68. The van der Waals surface area contributed by atoms with E-state index in [1.54, 1.807) is 6.07 Å². The molecule has 1 N–H and O–H groups in total. The van der Waals surface area contributed by atoms with E-state index in [0.717, 1.165) is 42.4 Å². The number of piperidine rings is 1. The van der Waals surface area contributed by atoms with E-state index in [2.05, 4.69) is 17.1 Å². The van der Waals surface area contributed by atoms with Gasteiger partial charge in [-0.05, 0) is 43.0 Å². The average Bonchev–Trinajstić information content (AvgIpc) is 2.73. The lowest BCUT2D eigenvalue weighted by atomic mass is 9.99. The number of ether oxygens (including phenoxy) is 2. The monoisotopic (exact) mass is 432 g/mol. The number of hydrogen-bond donors (Lipinski definition) is 1. The molecular weight excluding hydrogens is 408 g/mol. The molecule has 1 saturated heterocycles. The fourth-order valence-electron chi connectivity index (χ4n) is 3.23. The van der Waals surface area contributed by atoms with Crippen molar-refractivity contribution in [2.24, 2.45) is 5.92 Å². The van der Waals surface area contributed by atoms with E-state index >= 15 is 0 Å². The number of amides is 1. The maximum Gasteiger partial charge on any atom is 0.262 e. The summed E-state index contributed by atoms with van der Waals surface area (Å²) in [7, 11) is 1.54. The van der Waals surface area contributed by atoms with Crippen LogP contribution in [-0.4, -0.2) is 42.6 Å². The fourth-order valence-corrected chi connectivity index (χ4v) is 3.80. The molecule has 0 aromatic heterocycles. The van der Waals surface area contributed by atoms with E-state index in [4.69, 9.17) is 33.3 Å². The van der Waals surface area contributed by atoms with Gasteiger partial charge >= 0.3 is 0 Å². The van der Waals surface area contributed by atoms with Crippen molar-refractivity contribution in [1.29, 1.82) is 0 Å². The van der Waals surface area contributed by atoms with Crippen LogP contribution in [0.2, 0.25) is 5.02 Å². The highest BCUT2D eigenvalue weighted by molar-refractivity contribution is 7.80. The normalized spacial score (nSPS) is 14.4. The molecule has 1 aliphatic rings. The third-order valence-electron chi connectivity index (χ3n) is 4.95. The Morgan fingerprint density at radius 1 is 1.24 bits per heavy atom. The van der Waals surface area contributed by atoms with Gasteiger partial charge in [-0.3, -0.25) is 4.79 Å². The minimum atomic E-state index is -0.281. The number of hydrogen-bond acceptors (Lipinski definition) is 4. The van der Waals surface area contributed by atoms with Gasteiger partial charge in [-0.15, -0.1) is 0 Å². The van der Waals surface area contributed by atoms with Crippen molar-refractivity contribution < 1.29 is 14.3 Å². The first-order chi connectivity index (χ1) is 14.0. The largest absolute Gasteiger partial charge is 0.493 e. The highest BCUT2D eigenvalue weighted by atomic mass is 35.5. The van der Waals surface area contributed by atoms with Gasteiger partial charge in [0.25, 0.3) is 5.91 Å². The minimum absolute atomic E-state index is 0.182. The second-order valence-electron chi connectivity index (χ2n) is 7.17. The summed E-state index contributed by atoms with van der Waals surface area (Å²) in [5.74, 6) is 1.23. The molecule has 2 aromatic carbocycles. The van der Waals surface area contributed by atoms with E-state index in [0.29, 0.717) is 22.2 Å². The molecule has 3 rings (SSSR count). The Labute approximate surface area is 181 Å². The lowest BCUT2D eigenvalue weighted by molar-refractivity contribution is -0.118. The molecule has 1 aliphatic heterocycles. The predicted molar refractivity (Wildman–Crippen MR) is 120 cm³/mol. The Morgan fingerprint density at radius 3 is 2.59 bits per heavy atom. The minimum Gasteiger partial charge on any atom is -0.493 e. The first kappa shape index (κ1) is 21.4. The molecule has 29 heavy (non-hydrogen) atoms. The summed E-state index contributed by atoms with van der Waals surface area (Å²) in [5, 5.41) is 3.13. The van der Waals surface area contributed by atoms with Gasteiger partial charge in [-0.2, -0.15) is 0 Å². The van der Waals surface area contributed by atoms with E-state index in [1.807, 2.05) is 36.4 Å². The van der Waals surface area contributed by atoms with Crippen molar-refractivity contribution in [2.75, 3.05) is 32.1 Å². The number of nitrogens with zero attached hydrogens (tertiary/aromatic N) is 1. The maximum atomic E-state index is 12.2. The summed E-state index contributed by atoms with van der Waals surface area (Å²) in [4.78, 5) is 15.1. The molecule has 5 nitrogen and oxygen atoms in total.